The molecule has 0 spiro atoms. The summed E-state index contributed by atoms with van der Waals surface area (Å²) >= 11 is 0. The van der Waals surface area contributed by atoms with E-state index in [9.17, 15) is 4.39 Å². The van der Waals surface area contributed by atoms with Crippen molar-refractivity contribution in [2.45, 2.75) is 18.6 Å². The fraction of sp³-hybridized carbons (Fsp3) is 0.467. The number of hydrogen-bond acceptors (Lipinski definition) is 9. The Morgan fingerprint density at radius 1 is 1.31 bits per heavy atom. The van der Waals surface area contributed by atoms with Gasteiger partial charge in [-0.2, -0.15) is 4.98 Å². The van der Waals surface area contributed by atoms with Crippen LogP contribution < -0.4 is 15.1 Å². The fourth-order valence-electron chi connectivity index (χ4n) is 3.01. The Kier molecular flexibility index (Phi) is 4.19. The van der Waals surface area contributed by atoms with E-state index in [2.05, 4.69) is 35.9 Å². The first-order valence-corrected chi connectivity index (χ1v) is 8.30. The van der Waals surface area contributed by atoms with E-state index in [4.69, 9.17) is 0 Å². The lowest BCUT2D eigenvalue weighted by molar-refractivity contribution is 0.357. The van der Waals surface area contributed by atoms with Gasteiger partial charge in [-0.25, -0.2) is 9.37 Å². The van der Waals surface area contributed by atoms with Gasteiger partial charge in [0.2, 0.25) is 5.95 Å². The molecule has 11 heteroatoms. The largest absolute Gasteiger partial charge is 0.367 e. The van der Waals surface area contributed by atoms with Gasteiger partial charge in [-0.3, -0.25) is 0 Å². The Balaban J connectivity index is 1.50. The van der Waals surface area contributed by atoms with Gasteiger partial charge in [-0.1, -0.05) is 0 Å². The molecule has 0 amide bonds. The first-order valence-electron chi connectivity index (χ1n) is 8.30. The Hall–Kier alpha value is -3.11. The van der Waals surface area contributed by atoms with Crippen molar-refractivity contribution >= 4 is 23.2 Å². The van der Waals surface area contributed by atoms with E-state index in [-0.39, 0.29) is 6.04 Å². The van der Waals surface area contributed by atoms with Gasteiger partial charge in [0.25, 0.3) is 0 Å². The standard InChI is InChI=1S/C15H19FN10/c1-24(2)15-17-6-5-13(19-15)25-9-10(16)7-11(25)8-18-12-3-4-14-20-22-23-26(14)21-12/h3-6,10-11H,7-9H2,1-2H3,(H,18,21)/t10-,11-/m0/s1. The van der Waals surface area contributed by atoms with Crippen LogP contribution in [0.3, 0.4) is 0 Å². The minimum absolute atomic E-state index is 0.0405. The lowest BCUT2D eigenvalue weighted by Gasteiger charge is -2.26. The van der Waals surface area contributed by atoms with Gasteiger partial charge in [0.05, 0.1) is 12.6 Å². The van der Waals surface area contributed by atoms with Crippen LogP contribution in [0.2, 0.25) is 0 Å². The van der Waals surface area contributed by atoms with Crippen molar-refractivity contribution in [3.63, 3.8) is 0 Å². The van der Waals surface area contributed by atoms with E-state index in [0.29, 0.717) is 36.9 Å². The summed E-state index contributed by atoms with van der Waals surface area (Å²) in [5.41, 5.74) is 0.569. The molecular formula is C15H19FN10. The number of anilines is 3. The molecule has 4 rings (SSSR count). The van der Waals surface area contributed by atoms with Crippen LogP contribution in [0.4, 0.5) is 22.0 Å². The van der Waals surface area contributed by atoms with Crippen molar-refractivity contribution in [2.75, 3.05) is 42.3 Å². The molecule has 1 fully saturated rings. The highest BCUT2D eigenvalue weighted by Crippen LogP contribution is 2.26. The zero-order valence-electron chi connectivity index (χ0n) is 14.5. The summed E-state index contributed by atoms with van der Waals surface area (Å²) in [5, 5.41) is 18.7. The smallest absolute Gasteiger partial charge is 0.226 e. The van der Waals surface area contributed by atoms with Crippen LogP contribution in [0.15, 0.2) is 24.4 Å². The maximum atomic E-state index is 14.1. The monoisotopic (exact) mass is 358 g/mol. The molecule has 1 aliphatic rings. The van der Waals surface area contributed by atoms with Crippen LogP contribution in [-0.4, -0.2) is 74.6 Å². The van der Waals surface area contributed by atoms with E-state index < -0.39 is 6.17 Å². The molecule has 0 unspecified atom stereocenters. The van der Waals surface area contributed by atoms with Gasteiger partial charge in [0.15, 0.2) is 5.65 Å². The summed E-state index contributed by atoms with van der Waals surface area (Å²) in [4.78, 5) is 12.5. The number of aromatic nitrogens is 7. The van der Waals surface area contributed by atoms with Crippen molar-refractivity contribution in [1.82, 2.24) is 35.2 Å². The minimum atomic E-state index is -0.894. The summed E-state index contributed by atoms with van der Waals surface area (Å²) in [6.07, 6.45) is 1.23. The van der Waals surface area contributed by atoms with Crippen molar-refractivity contribution in [1.29, 1.82) is 0 Å². The van der Waals surface area contributed by atoms with Crippen molar-refractivity contribution < 1.29 is 4.39 Å². The van der Waals surface area contributed by atoms with Crippen LogP contribution >= 0.6 is 0 Å². The zero-order chi connectivity index (χ0) is 18.1. The summed E-state index contributed by atoms with van der Waals surface area (Å²) in [6.45, 7) is 0.845. The van der Waals surface area contributed by atoms with Crippen LogP contribution in [0.1, 0.15) is 6.42 Å². The predicted octanol–water partition coefficient (Wildman–Crippen LogP) is 0.404. The van der Waals surface area contributed by atoms with Crippen molar-refractivity contribution in [2.24, 2.45) is 0 Å². The first-order chi connectivity index (χ1) is 12.6. The molecule has 2 atom stereocenters. The number of nitrogens with one attached hydrogen (secondary N) is 1. The number of tetrazole rings is 1. The van der Waals surface area contributed by atoms with Crippen LogP contribution in [0.25, 0.3) is 5.65 Å². The SMILES string of the molecule is CN(C)c1nccc(N2C[C@@H](F)C[C@H]2CNc2ccc3nnnn3n2)n1. The van der Waals surface area contributed by atoms with E-state index >= 15 is 0 Å². The van der Waals surface area contributed by atoms with Gasteiger partial charge in [-0.05, 0) is 28.6 Å². The average Bonchev–Trinajstić information content (AvgIpc) is 3.25. The molecule has 0 aliphatic carbocycles. The number of nitrogens with zero attached hydrogens (tertiary/aromatic N) is 9. The summed E-state index contributed by atoms with van der Waals surface area (Å²) in [6, 6.07) is 5.34. The highest BCUT2D eigenvalue weighted by atomic mass is 19.1. The second-order valence-electron chi connectivity index (χ2n) is 6.37. The second-order valence-corrected chi connectivity index (χ2v) is 6.37. The lowest BCUT2D eigenvalue weighted by Crippen LogP contribution is -2.36. The highest BCUT2D eigenvalue weighted by molar-refractivity contribution is 5.47. The molecule has 10 nitrogen and oxygen atoms in total. The number of halogens is 1. The molecule has 0 radical (unpaired) electrons. The van der Waals surface area contributed by atoms with E-state index in [1.165, 1.54) is 4.63 Å². The number of hydrogen-bond donors (Lipinski definition) is 1. The third-order valence-electron chi connectivity index (χ3n) is 4.27. The maximum Gasteiger partial charge on any atom is 0.226 e. The molecule has 0 saturated carbocycles. The molecule has 0 aromatic carbocycles. The molecule has 0 bridgehead atoms. The lowest BCUT2D eigenvalue weighted by atomic mass is 10.2. The quantitative estimate of drug-likeness (QED) is 0.695. The molecule has 1 aliphatic heterocycles. The normalized spacial score (nSPS) is 19.9. The Morgan fingerprint density at radius 3 is 3.04 bits per heavy atom. The van der Waals surface area contributed by atoms with E-state index in [0.717, 1.165) is 5.82 Å². The third-order valence-corrected chi connectivity index (χ3v) is 4.27. The van der Waals surface area contributed by atoms with Gasteiger partial charge < -0.3 is 15.1 Å². The summed E-state index contributed by atoms with van der Waals surface area (Å²) in [5.74, 6) is 1.95. The number of rotatable bonds is 5. The molecule has 26 heavy (non-hydrogen) atoms. The van der Waals surface area contributed by atoms with Gasteiger partial charge in [0.1, 0.15) is 17.8 Å². The Morgan fingerprint density at radius 2 is 2.19 bits per heavy atom. The van der Waals surface area contributed by atoms with Gasteiger partial charge in [-0.15, -0.1) is 14.8 Å². The molecule has 3 aromatic heterocycles. The highest BCUT2D eigenvalue weighted by Gasteiger charge is 2.33. The average molecular weight is 358 g/mol. The molecular weight excluding hydrogens is 339 g/mol. The molecule has 4 heterocycles. The number of alkyl halides is 1. The van der Waals surface area contributed by atoms with E-state index in [1.807, 2.05) is 30.0 Å². The van der Waals surface area contributed by atoms with E-state index in [1.54, 1.807) is 18.3 Å². The second kappa shape index (κ2) is 6.65. The summed E-state index contributed by atoms with van der Waals surface area (Å²) in [7, 11) is 3.75. The maximum absolute atomic E-state index is 14.1. The first kappa shape index (κ1) is 16.4. The predicted molar refractivity (Wildman–Crippen MR) is 94.1 cm³/mol. The fourth-order valence-corrected chi connectivity index (χ4v) is 3.01. The molecule has 3 aromatic rings. The van der Waals surface area contributed by atoms with Crippen molar-refractivity contribution in [3.8, 4) is 0 Å². The zero-order valence-corrected chi connectivity index (χ0v) is 14.5. The van der Waals surface area contributed by atoms with Gasteiger partial charge >= 0.3 is 0 Å². The molecule has 1 saturated heterocycles. The molecule has 1 N–H and O–H groups in total. The number of fused-ring (bicyclic) bond motifs is 1. The Labute approximate surface area is 149 Å². The third kappa shape index (κ3) is 3.19. The van der Waals surface area contributed by atoms with Crippen LogP contribution in [-0.2, 0) is 0 Å². The van der Waals surface area contributed by atoms with Crippen LogP contribution in [0, 0.1) is 0 Å². The van der Waals surface area contributed by atoms with Gasteiger partial charge in [0, 0.05) is 33.3 Å². The summed E-state index contributed by atoms with van der Waals surface area (Å²) < 4.78 is 15.4. The molecule has 136 valence electrons. The topological polar surface area (TPSA) is 100 Å². The van der Waals surface area contributed by atoms with Crippen molar-refractivity contribution in [3.05, 3.63) is 24.4 Å². The minimum Gasteiger partial charge on any atom is -0.367 e. The Bertz CT molecular complexity index is 897. The van der Waals surface area contributed by atoms with Crippen LogP contribution in [0.5, 0.6) is 0 Å².